The number of carbonyl (C=O) groups is 2. The Balaban J connectivity index is 2.88. The van der Waals surface area contributed by atoms with Gasteiger partial charge in [0.1, 0.15) is 18.3 Å². The van der Waals surface area contributed by atoms with Crippen LogP contribution in [0.4, 0.5) is 0 Å². The highest BCUT2D eigenvalue weighted by Crippen LogP contribution is 2.13. The molecule has 1 aromatic heterocycles. The summed E-state index contributed by atoms with van der Waals surface area (Å²) in [4.78, 5) is 20.1. The molecule has 0 spiro atoms. The Bertz CT molecular complexity index is 312. The summed E-state index contributed by atoms with van der Waals surface area (Å²) in [6.07, 6.45) is 8.68. The molecule has 3 heteroatoms. The molecule has 0 bridgehead atoms. The minimum atomic E-state index is 0.560. The van der Waals surface area contributed by atoms with Gasteiger partial charge < -0.3 is 4.42 Å². The van der Waals surface area contributed by atoms with Gasteiger partial charge in [-0.2, -0.15) is 0 Å². The lowest BCUT2D eigenvalue weighted by Gasteiger charge is -1.86. The normalized spacial score (nSPS) is 11.1. The third kappa shape index (κ3) is 2.56. The average molecular weight is 176 g/mol. The lowest BCUT2D eigenvalue weighted by Crippen LogP contribution is -1.72. The van der Waals surface area contributed by atoms with E-state index in [0.717, 1.165) is 5.56 Å². The second kappa shape index (κ2) is 4.87. The molecule has 0 aromatic carbocycles. The fourth-order valence-corrected chi connectivity index (χ4v) is 0.874. The van der Waals surface area contributed by atoms with Crippen molar-refractivity contribution >= 4 is 24.7 Å². The number of aldehydes is 2. The SMILES string of the molecule is O=C/C=C/c1ccoc1/C=C/C=O. The zero-order chi connectivity index (χ0) is 9.52. The summed E-state index contributed by atoms with van der Waals surface area (Å²) in [7, 11) is 0. The summed E-state index contributed by atoms with van der Waals surface area (Å²) < 4.78 is 5.05. The largest absolute Gasteiger partial charge is 0.464 e. The van der Waals surface area contributed by atoms with E-state index < -0.39 is 0 Å². The highest BCUT2D eigenvalue weighted by molar-refractivity contribution is 5.78. The molecule has 0 unspecified atom stereocenters. The third-order valence-corrected chi connectivity index (χ3v) is 1.41. The van der Waals surface area contributed by atoms with Gasteiger partial charge in [-0.1, -0.05) is 0 Å². The van der Waals surface area contributed by atoms with E-state index in [4.69, 9.17) is 4.42 Å². The van der Waals surface area contributed by atoms with Crippen LogP contribution in [0.2, 0.25) is 0 Å². The molecule has 66 valence electrons. The van der Waals surface area contributed by atoms with Crippen molar-refractivity contribution in [1.29, 1.82) is 0 Å². The van der Waals surface area contributed by atoms with Gasteiger partial charge in [0.2, 0.25) is 0 Å². The zero-order valence-corrected chi connectivity index (χ0v) is 6.84. The Morgan fingerprint density at radius 3 is 2.46 bits per heavy atom. The maximum absolute atomic E-state index is 10.0. The Morgan fingerprint density at radius 1 is 1.08 bits per heavy atom. The number of furan rings is 1. The van der Waals surface area contributed by atoms with Gasteiger partial charge in [0.25, 0.3) is 0 Å². The zero-order valence-electron chi connectivity index (χ0n) is 6.84. The molecular weight excluding hydrogens is 168 g/mol. The number of rotatable bonds is 4. The summed E-state index contributed by atoms with van der Waals surface area (Å²) in [5.41, 5.74) is 0.769. The summed E-state index contributed by atoms with van der Waals surface area (Å²) in [5, 5.41) is 0. The molecule has 0 aliphatic heterocycles. The van der Waals surface area contributed by atoms with E-state index in [1.54, 1.807) is 12.1 Å². The van der Waals surface area contributed by atoms with Crippen LogP contribution in [0.3, 0.4) is 0 Å². The number of hydrogen-bond donors (Lipinski definition) is 0. The van der Waals surface area contributed by atoms with E-state index in [9.17, 15) is 9.59 Å². The maximum atomic E-state index is 10.0. The number of allylic oxidation sites excluding steroid dienone is 2. The first-order valence-corrected chi connectivity index (χ1v) is 3.69. The first kappa shape index (κ1) is 9.19. The van der Waals surface area contributed by atoms with Gasteiger partial charge in [-0.25, -0.2) is 0 Å². The van der Waals surface area contributed by atoms with Gasteiger partial charge in [-0.15, -0.1) is 0 Å². The molecule has 0 aliphatic carbocycles. The standard InChI is InChI=1S/C10H8O3/c11-6-1-3-9-5-8-13-10(9)4-2-7-12/h1-8H/b3-1+,4-2+. The van der Waals surface area contributed by atoms with Crippen LogP contribution < -0.4 is 0 Å². The van der Waals surface area contributed by atoms with E-state index in [0.29, 0.717) is 18.3 Å². The van der Waals surface area contributed by atoms with Crippen molar-refractivity contribution < 1.29 is 14.0 Å². The fourth-order valence-electron chi connectivity index (χ4n) is 0.874. The minimum absolute atomic E-state index is 0.560. The highest BCUT2D eigenvalue weighted by Gasteiger charge is 1.97. The average Bonchev–Trinajstić information content (AvgIpc) is 2.59. The second-order valence-electron chi connectivity index (χ2n) is 2.23. The second-order valence-corrected chi connectivity index (χ2v) is 2.23. The summed E-state index contributed by atoms with van der Waals surface area (Å²) in [6, 6.07) is 1.71. The topological polar surface area (TPSA) is 47.3 Å². The van der Waals surface area contributed by atoms with Crippen molar-refractivity contribution in [1.82, 2.24) is 0 Å². The molecule has 0 saturated carbocycles. The van der Waals surface area contributed by atoms with Gasteiger partial charge in [-0.05, 0) is 30.4 Å². The van der Waals surface area contributed by atoms with Crippen molar-refractivity contribution in [2.75, 3.05) is 0 Å². The molecule has 3 nitrogen and oxygen atoms in total. The lowest BCUT2D eigenvalue weighted by atomic mass is 10.2. The predicted molar refractivity (Wildman–Crippen MR) is 48.9 cm³/mol. The predicted octanol–water partition coefficient (Wildman–Crippen LogP) is 1.70. The van der Waals surface area contributed by atoms with Crippen LogP contribution in [-0.4, -0.2) is 12.6 Å². The molecule has 1 rings (SSSR count). The highest BCUT2D eigenvalue weighted by atomic mass is 16.3. The molecule has 0 N–H and O–H groups in total. The number of carbonyl (C=O) groups excluding carboxylic acids is 2. The number of hydrogen-bond acceptors (Lipinski definition) is 3. The van der Waals surface area contributed by atoms with Crippen LogP contribution in [0, 0.1) is 0 Å². The van der Waals surface area contributed by atoms with E-state index in [2.05, 4.69) is 0 Å². The Labute approximate surface area is 75.4 Å². The fraction of sp³-hybridized carbons (Fsp3) is 0. The van der Waals surface area contributed by atoms with E-state index in [1.807, 2.05) is 0 Å². The molecule has 1 heterocycles. The molecule has 0 aliphatic rings. The van der Waals surface area contributed by atoms with Crippen molar-refractivity contribution in [3.8, 4) is 0 Å². The van der Waals surface area contributed by atoms with Crippen molar-refractivity contribution in [2.24, 2.45) is 0 Å². The van der Waals surface area contributed by atoms with Crippen LogP contribution in [0.15, 0.2) is 28.9 Å². The van der Waals surface area contributed by atoms with E-state index in [1.165, 1.54) is 24.5 Å². The molecule has 0 radical (unpaired) electrons. The molecule has 1 aromatic rings. The van der Waals surface area contributed by atoms with Crippen LogP contribution in [-0.2, 0) is 9.59 Å². The lowest BCUT2D eigenvalue weighted by molar-refractivity contribution is -0.104. The summed E-state index contributed by atoms with van der Waals surface area (Å²) >= 11 is 0. The molecular formula is C10H8O3. The van der Waals surface area contributed by atoms with Crippen LogP contribution in [0.5, 0.6) is 0 Å². The minimum Gasteiger partial charge on any atom is -0.464 e. The molecule has 0 saturated heterocycles. The Kier molecular flexibility index (Phi) is 3.45. The molecule has 0 atom stereocenters. The van der Waals surface area contributed by atoms with Crippen molar-refractivity contribution in [2.45, 2.75) is 0 Å². The molecule has 0 fully saturated rings. The van der Waals surface area contributed by atoms with Crippen LogP contribution >= 0.6 is 0 Å². The van der Waals surface area contributed by atoms with Crippen molar-refractivity contribution in [3.63, 3.8) is 0 Å². The third-order valence-electron chi connectivity index (χ3n) is 1.41. The molecule has 13 heavy (non-hydrogen) atoms. The quantitative estimate of drug-likeness (QED) is 0.518. The molecule has 0 amide bonds. The van der Waals surface area contributed by atoms with Gasteiger partial charge in [-0.3, -0.25) is 9.59 Å². The van der Waals surface area contributed by atoms with E-state index in [-0.39, 0.29) is 0 Å². The van der Waals surface area contributed by atoms with Crippen molar-refractivity contribution in [3.05, 3.63) is 35.8 Å². The van der Waals surface area contributed by atoms with E-state index >= 15 is 0 Å². The van der Waals surface area contributed by atoms with Gasteiger partial charge in [0.05, 0.1) is 6.26 Å². The van der Waals surface area contributed by atoms with Crippen LogP contribution in [0.25, 0.3) is 12.2 Å². The monoisotopic (exact) mass is 176 g/mol. The Hall–Kier alpha value is -1.90. The summed E-state index contributed by atoms with van der Waals surface area (Å²) in [6.45, 7) is 0. The summed E-state index contributed by atoms with van der Waals surface area (Å²) in [5.74, 6) is 0.560. The maximum Gasteiger partial charge on any atom is 0.142 e. The van der Waals surface area contributed by atoms with Gasteiger partial charge >= 0.3 is 0 Å². The first-order chi connectivity index (χ1) is 6.38. The van der Waals surface area contributed by atoms with Crippen LogP contribution in [0.1, 0.15) is 11.3 Å². The smallest absolute Gasteiger partial charge is 0.142 e. The van der Waals surface area contributed by atoms with Gasteiger partial charge in [0, 0.05) is 5.56 Å². The first-order valence-electron chi connectivity index (χ1n) is 3.69. The van der Waals surface area contributed by atoms with Gasteiger partial charge in [0.15, 0.2) is 0 Å². The Morgan fingerprint density at radius 2 is 1.77 bits per heavy atom.